The van der Waals surface area contributed by atoms with Crippen molar-refractivity contribution in [2.45, 2.75) is 51.1 Å². The Morgan fingerprint density at radius 1 is 0.972 bits per heavy atom. The summed E-state index contributed by atoms with van der Waals surface area (Å²) in [5, 5.41) is 12.0. The number of ketones is 1. The van der Waals surface area contributed by atoms with Crippen LogP contribution in [-0.2, 0) is 33.1 Å². The van der Waals surface area contributed by atoms with Gasteiger partial charge in [-0.25, -0.2) is 9.48 Å². The Kier molecular flexibility index (Phi) is 4.70. The van der Waals surface area contributed by atoms with Crippen LogP contribution in [0.15, 0.2) is 28.4 Å². The number of alkyl halides is 6. The maximum atomic E-state index is 13.9. The van der Waals surface area contributed by atoms with Crippen molar-refractivity contribution < 1.29 is 45.5 Å². The normalized spacial score (nSPS) is 27.0. The zero-order valence-electron chi connectivity index (χ0n) is 18.8. The maximum Gasteiger partial charge on any atom is 0.416 e. The number of ether oxygens (including phenoxy) is 1. The molecule has 1 aromatic heterocycles. The number of esters is 2. The molecule has 1 spiro atoms. The van der Waals surface area contributed by atoms with E-state index in [0.717, 1.165) is 4.68 Å². The first-order valence-electron chi connectivity index (χ1n) is 10.6. The standard InChI is InChI=1S/C22H16F6N4O4/c1-8-13-12(32(30-8)11-5-9(21(23,24)25)4-10(6-11)22(26,27)28)7-19(2,3)20(16(13)33)14-15(29-31-20)18(35)36-17(14)34/h4-6,14-15H,7H2,1-3H3. The third-order valence-electron chi connectivity index (χ3n) is 6.99. The summed E-state index contributed by atoms with van der Waals surface area (Å²) in [4.78, 5) is 38.4. The Balaban J connectivity index is 1.71. The van der Waals surface area contributed by atoms with Gasteiger partial charge in [-0.05, 0) is 31.5 Å². The molecule has 2 aliphatic heterocycles. The molecule has 0 amide bonds. The first kappa shape index (κ1) is 24.1. The highest BCUT2D eigenvalue weighted by atomic mass is 19.4. The number of hydrogen-bond acceptors (Lipinski definition) is 7. The molecule has 1 aliphatic carbocycles. The van der Waals surface area contributed by atoms with Crippen LogP contribution in [-0.4, -0.2) is 39.1 Å². The molecule has 3 atom stereocenters. The number of carbonyl (C=O) groups excluding carboxylic acids is 3. The van der Waals surface area contributed by atoms with Crippen LogP contribution in [0.1, 0.15) is 46.7 Å². The summed E-state index contributed by atoms with van der Waals surface area (Å²) in [6, 6.07) is -0.280. The third-order valence-corrected chi connectivity index (χ3v) is 6.99. The molecule has 36 heavy (non-hydrogen) atoms. The molecule has 0 N–H and O–H groups in total. The zero-order chi connectivity index (χ0) is 26.6. The number of hydrogen-bond donors (Lipinski definition) is 0. The van der Waals surface area contributed by atoms with Gasteiger partial charge in [-0.2, -0.15) is 41.7 Å². The summed E-state index contributed by atoms with van der Waals surface area (Å²) >= 11 is 0. The number of nitrogens with zero attached hydrogens (tertiary/aromatic N) is 4. The maximum absolute atomic E-state index is 13.9. The minimum absolute atomic E-state index is 0.00183. The molecule has 0 radical (unpaired) electrons. The molecule has 5 rings (SSSR count). The van der Waals surface area contributed by atoms with Gasteiger partial charge in [0.25, 0.3) is 0 Å². The molecular formula is C22H16F6N4O4. The van der Waals surface area contributed by atoms with Crippen LogP contribution in [0, 0.1) is 18.3 Å². The molecule has 2 aromatic rings. The highest BCUT2D eigenvalue weighted by Crippen LogP contribution is 2.55. The van der Waals surface area contributed by atoms with Crippen molar-refractivity contribution in [3.05, 3.63) is 46.3 Å². The van der Waals surface area contributed by atoms with Gasteiger partial charge in [0, 0.05) is 5.41 Å². The monoisotopic (exact) mass is 514 g/mol. The number of carbonyl (C=O) groups is 3. The second kappa shape index (κ2) is 7.01. The first-order valence-corrected chi connectivity index (χ1v) is 10.6. The molecule has 1 fully saturated rings. The van der Waals surface area contributed by atoms with Crippen molar-refractivity contribution in [2.24, 2.45) is 21.6 Å². The van der Waals surface area contributed by atoms with Crippen molar-refractivity contribution >= 4 is 17.7 Å². The van der Waals surface area contributed by atoms with Crippen molar-refractivity contribution in [1.29, 1.82) is 0 Å². The molecule has 3 aliphatic rings. The fraction of sp³-hybridized carbons (Fsp3) is 0.455. The van der Waals surface area contributed by atoms with Gasteiger partial charge in [-0.1, -0.05) is 13.8 Å². The highest BCUT2D eigenvalue weighted by molar-refractivity contribution is 6.13. The molecule has 3 unspecified atom stereocenters. The Hall–Kier alpha value is -3.58. The number of rotatable bonds is 1. The second-order valence-electron chi connectivity index (χ2n) is 9.62. The van der Waals surface area contributed by atoms with Gasteiger partial charge in [0.05, 0.1) is 33.8 Å². The number of fused-ring (bicyclic) bond motifs is 3. The Morgan fingerprint density at radius 2 is 1.56 bits per heavy atom. The summed E-state index contributed by atoms with van der Waals surface area (Å²) < 4.78 is 86.1. The Labute approximate surface area is 198 Å². The molecule has 0 bridgehead atoms. The van der Waals surface area contributed by atoms with E-state index in [1.807, 2.05) is 0 Å². The average molecular weight is 514 g/mol. The summed E-state index contributed by atoms with van der Waals surface area (Å²) in [6.45, 7) is 4.45. The van der Waals surface area contributed by atoms with Crippen molar-refractivity contribution in [3.8, 4) is 5.69 Å². The molecular weight excluding hydrogens is 498 g/mol. The lowest BCUT2D eigenvalue weighted by Gasteiger charge is -2.45. The van der Waals surface area contributed by atoms with E-state index in [4.69, 9.17) is 0 Å². The van der Waals surface area contributed by atoms with Gasteiger partial charge in [-0.15, -0.1) is 0 Å². The minimum Gasteiger partial charge on any atom is -0.391 e. The lowest BCUT2D eigenvalue weighted by atomic mass is 9.56. The minimum atomic E-state index is -5.08. The number of Topliss-reactive ketones (excluding diaryl/α,β-unsaturated/α-hetero) is 1. The quantitative estimate of drug-likeness (QED) is 0.322. The summed E-state index contributed by atoms with van der Waals surface area (Å²) in [6.07, 6.45) is -10.3. The molecule has 1 aromatic carbocycles. The third kappa shape index (κ3) is 3.08. The Morgan fingerprint density at radius 3 is 2.11 bits per heavy atom. The number of aromatic nitrogens is 2. The topological polar surface area (TPSA) is 103 Å². The Bertz CT molecular complexity index is 1360. The van der Waals surface area contributed by atoms with Crippen molar-refractivity contribution in [2.75, 3.05) is 0 Å². The summed E-state index contributed by atoms with van der Waals surface area (Å²) in [5.41, 5.74) is -6.75. The van der Waals surface area contributed by atoms with Crippen LogP contribution in [0.4, 0.5) is 26.3 Å². The number of aryl methyl sites for hydroxylation is 1. The largest absolute Gasteiger partial charge is 0.416 e. The van der Waals surface area contributed by atoms with Gasteiger partial charge in [-0.3, -0.25) is 9.59 Å². The fourth-order valence-electron chi connectivity index (χ4n) is 5.32. The van der Waals surface area contributed by atoms with E-state index >= 15 is 0 Å². The van der Waals surface area contributed by atoms with Gasteiger partial charge < -0.3 is 4.74 Å². The predicted octanol–water partition coefficient (Wildman–Crippen LogP) is 4.26. The van der Waals surface area contributed by atoms with Gasteiger partial charge in [0.1, 0.15) is 5.92 Å². The van der Waals surface area contributed by atoms with E-state index < -0.39 is 69.8 Å². The number of benzene rings is 1. The van der Waals surface area contributed by atoms with E-state index in [9.17, 15) is 40.7 Å². The summed E-state index contributed by atoms with van der Waals surface area (Å²) in [7, 11) is 0. The summed E-state index contributed by atoms with van der Waals surface area (Å²) in [5.74, 6) is -4.02. The fourth-order valence-corrected chi connectivity index (χ4v) is 5.32. The van der Waals surface area contributed by atoms with Crippen LogP contribution < -0.4 is 0 Å². The molecule has 8 nitrogen and oxygen atoms in total. The number of azo groups is 1. The van der Waals surface area contributed by atoms with Crippen LogP contribution in [0.2, 0.25) is 0 Å². The highest BCUT2D eigenvalue weighted by Gasteiger charge is 2.71. The predicted molar refractivity (Wildman–Crippen MR) is 106 cm³/mol. The van der Waals surface area contributed by atoms with E-state index in [1.165, 1.54) is 6.92 Å². The van der Waals surface area contributed by atoms with Crippen molar-refractivity contribution in [1.82, 2.24) is 9.78 Å². The van der Waals surface area contributed by atoms with E-state index in [1.54, 1.807) is 13.8 Å². The molecule has 14 heteroatoms. The first-order chi connectivity index (χ1) is 16.5. The second-order valence-corrected chi connectivity index (χ2v) is 9.62. The molecule has 190 valence electrons. The zero-order valence-corrected chi connectivity index (χ0v) is 18.8. The lowest BCUT2D eigenvalue weighted by molar-refractivity contribution is -0.154. The van der Waals surface area contributed by atoms with E-state index in [2.05, 4.69) is 20.1 Å². The number of halogens is 6. The van der Waals surface area contributed by atoms with E-state index in [-0.39, 0.29) is 29.4 Å². The molecule has 3 heterocycles. The van der Waals surface area contributed by atoms with Crippen LogP contribution >= 0.6 is 0 Å². The van der Waals surface area contributed by atoms with E-state index in [0.29, 0.717) is 12.1 Å². The van der Waals surface area contributed by atoms with Crippen molar-refractivity contribution in [3.63, 3.8) is 0 Å². The van der Waals surface area contributed by atoms with Crippen LogP contribution in [0.25, 0.3) is 5.69 Å². The van der Waals surface area contributed by atoms with Gasteiger partial charge in [0.15, 0.2) is 17.4 Å². The van der Waals surface area contributed by atoms with Crippen LogP contribution in [0.3, 0.4) is 0 Å². The SMILES string of the molecule is Cc1nn(-c2cc(C(F)(F)F)cc(C(F)(F)F)c2)c2c1C(=O)C1(N=NC3C(=O)OC(=O)C31)C(C)(C)C2. The molecule has 0 saturated carbocycles. The van der Waals surface area contributed by atoms with Gasteiger partial charge in [0.2, 0.25) is 0 Å². The lowest BCUT2D eigenvalue weighted by Crippen LogP contribution is -2.60. The smallest absolute Gasteiger partial charge is 0.391 e. The van der Waals surface area contributed by atoms with Gasteiger partial charge >= 0.3 is 24.3 Å². The average Bonchev–Trinajstić information content (AvgIpc) is 3.38. The molecule has 1 saturated heterocycles. The van der Waals surface area contributed by atoms with Crippen LogP contribution in [0.5, 0.6) is 0 Å². The number of cyclic esters (lactones) is 2.